The first-order chi connectivity index (χ1) is 10.9. The van der Waals surface area contributed by atoms with Gasteiger partial charge in [-0.3, -0.25) is 0 Å². The summed E-state index contributed by atoms with van der Waals surface area (Å²) in [6.45, 7) is 9.49. The number of methoxy groups -OCH3 is 1. The Balaban J connectivity index is 2.16. The number of ether oxygens (including phenoxy) is 2. The van der Waals surface area contributed by atoms with Crippen LogP contribution in [-0.4, -0.2) is 48.3 Å². The number of fused-ring (bicyclic) bond motifs is 1. The Morgan fingerprint density at radius 1 is 1.26 bits per heavy atom. The summed E-state index contributed by atoms with van der Waals surface area (Å²) in [6, 6.07) is 0. The minimum atomic E-state index is -0.321. The van der Waals surface area contributed by atoms with E-state index < -0.39 is 0 Å². The highest BCUT2D eigenvalue weighted by Crippen LogP contribution is 2.36. The first kappa shape index (κ1) is 16.1. The molecule has 1 aliphatic heterocycles. The molecule has 0 spiro atoms. The van der Waals surface area contributed by atoms with Crippen molar-refractivity contribution in [2.75, 3.05) is 25.1 Å². The Kier molecular flexibility index (Phi) is 4.25. The van der Waals surface area contributed by atoms with Crippen molar-refractivity contribution in [2.45, 2.75) is 39.9 Å². The Hall–Kier alpha value is -1.73. The normalized spacial score (nSPS) is 21.7. The van der Waals surface area contributed by atoms with Crippen LogP contribution in [0.2, 0.25) is 0 Å². The summed E-state index contributed by atoms with van der Waals surface area (Å²) in [4.78, 5) is 24.8. The zero-order valence-corrected chi connectivity index (χ0v) is 14.9. The largest absolute Gasteiger partial charge is 0.465 e. The lowest BCUT2D eigenvalue weighted by molar-refractivity contribution is -0.00538. The molecule has 0 bridgehead atoms. The number of morpholine rings is 1. The van der Waals surface area contributed by atoms with E-state index in [1.807, 2.05) is 13.8 Å². The molecule has 0 saturated carbocycles. The summed E-state index contributed by atoms with van der Waals surface area (Å²) in [7, 11) is 1.40. The molecule has 2 aromatic heterocycles. The zero-order valence-electron chi connectivity index (χ0n) is 14.0. The van der Waals surface area contributed by atoms with Gasteiger partial charge in [0.2, 0.25) is 0 Å². The Morgan fingerprint density at radius 3 is 2.52 bits per heavy atom. The van der Waals surface area contributed by atoms with E-state index in [1.165, 1.54) is 18.4 Å². The van der Waals surface area contributed by atoms with E-state index in [2.05, 4.69) is 28.7 Å². The van der Waals surface area contributed by atoms with E-state index in [9.17, 15) is 4.79 Å². The number of aryl methyl sites for hydroxylation is 2. The van der Waals surface area contributed by atoms with Crippen molar-refractivity contribution in [1.82, 2.24) is 9.97 Å². The second-order valence-corrected chi connectivity index (χ2v) is 6.98. The molecule has 0 aliphatic carbocycles. The van der Waals surface area contributed by atoms with Crippen molar-refractivity contribution in [2.24, 2.45) is 0 Å². The molecule has 124 valence electrons. The summed E-state index contributed by atoms with van der Waals surface area (Å²) < 4.78 is 10.7. The lowest BCUT2D eigenvalue weighted by atomic mass is 10.1. The molecule has 7 heteroatoms. The third-order valence-electron chi connectivity index (χ3n) is 3.97. The summed E-state index contributed by atoms with van der Waals surface area (Å²) in [5, 5.41) is 0.947. The smallest absolute Gasteiger partial charge is 0.348 e. The zero-order chi connectivity index (χ0) is 16.7. The average molecular weight is 335 g/mol. The number of anilines is 1. The first-order valence-corrected chi connectivity index (χ1v) is 8.48. The van der Waals surface area contributed by atoms with Crippen LogP contribution < -0.4 is 4.90 Å². The lowest BCUT2D eigenvalue weighted by Crippen LogP contribution is -2.46. The molecule has 0 aromatic carbocycles. The molecule has 2 aromatic rings. The van der Waals surface area contributed by atoms with Crippen molar-refractivity contribution in [1.29, 1.82) is 0 Å². The van der Waals surface area contributed by atoms with Gasteiger partial charge in [-0.15, -0.1) is 11.3 Å². The average Bonchev–Trinajstić information content (AvgIpc) is 2.81. The molecule has 0 N–H and O–H groups in total. The fourth-order valence-corrected chi connectivity index (χ4v) is 4.23. The molecule has 1 saturated heterocycles. The van der Waals surface area contributed by atoms with Crippen LogP contribution >= 0.6 is 11.3 Å². The van der Waals surface area contributed by atoms with Crippen LogP contribution in [0.25, 0.3) is 10.2 Å². The van der Waals surface area contributed by atoms with Gasteiger partial charge < -0.3 is 14.4 Å². The number of rotatable bonds is 2. The maximum absolute atomic E-state index is 12.0. The highest BCUT2D eigenvalue weighted by molar-refractivity contribution is 7.20. The third-order valence-corrected chi connectivity index (χ3v) is 5.14. The Morgan fingerprint density at radius 2 is 1.91 bits per heavy atom. The number of nitrogens with zero attached hydrogens (tertiary/aromatic N) is 3. The van der Waals surface area contributed by atoms with Crippen molar-refractivity contribution in [3.05, 3.63) is 16.3 Å². The highest BCUT2D eigenvalue weighted by Gasteiger charge is 2.28. The second kappa shape index (κ2) is 6.05. The molecule has 6 nitrogen and oxygen atoms in total. The number of hydrogen-bond acceptors (Lipinski definition) is 7. The number of carbonyl (C=O) groups is 1. The van der Waals surface area contributed by atoms with Gasteiger partial charge in [0.1, 0.15) is 21.3 Å². The van der Waals surface area contributed by atoms with Crippen molar-refractivity contribution in [3.63, 3.8) is 0 Å². The van der Waals surface area contributed by atoms with Crippen LogP contribution in [-0.2, 0) is 9.47 Å². The highest BCUT2D eigenvalue weighted by atomic mass is 32.1. The van der Waals surface area contributed by atoms with Crippen LogP contribution in [0.1, 0.15) is 34.9 Å². The van der Waals surface area contributed by atoms with Crippen molar-refractivity contribution in [3.8, 4) is 0 Å². The summed E-state index contributed by atoms with van der Waals surface area (Å²) >= 11 is 1.37. The molecule has 2 atom stereocenters. The SMILES string of the molecule is COC(=O)c1sc2nc(C)nc(N3C[C@@H](C)O[C@@H](C)C3)c2c1C. The second-order valence-electron chi connectivity index (χ2n) is 5.98. The molecular formula is C16H21N3O3S. The summed E-state index contributed by atoms with van der Waals surface area (Å²) in [6.07, 6.45) is 0.284. The topological polar surface area (TPSA) is 64.5 Å². The molecule has 0 radical (unpaired) electrons. The predicted molar refractivity (Wildman–Crippen MR) is 90.5 cm³/mol. The van der Waals surface area contributed by atoms with Gasteiger partial charge in [-0.25, -0.2) is 14.8 Å². The van der Waals surface area contributed by atoms with Crippen LogP contribution in [0.15, 0.2) is 0 Å². The third kappa shape index (κ3) is 2.90. The minimum Gasteiger partial charge on any atom is -0.465 e. The predicted octanol–water partition coefficient (Wildman–Crippen LogP) is 2.71. The fourth-order valence-electron chi connectivity index (χ4n) is 3.09. The molecule has 1 aliphatic rings. The van der Waals surface area contributed by atoms with Gasteiger partial charge in [0.05, 0.1) is 24.7 Å². The standard InChI is InChI=1S/C16H21N3O3S/c1-8-6-19(7-9(2)22-8)14-12-10(3)13(16(20)21-5)23-15(12)18-11(4)17-14/h8-9H,6-7H2,1-5H3/t8-,9+. The summed E-state index contributed by atoms with van der Waals surface area (Å²) in [5.74, 6) is 1.27. The monoisotopic (exact) mass is 335 g/mol. The molecule has 23 heavy (non-hydrogen) atoms. The van der Waals surface area contributed by atoms with Crippen LogP contribution in [0.5, 0.6) is 0 Å². The van der Waals surface area contributed by atoms with Crippen LogP contribution in [0.3, 0.4) is 0 Å². The molecule has 3 heterocycles. The maximum Gasteiger partial charge on any atom is 0.348 e. The minimum absolute atomic E-state index is 0.142. The van der Waals surface area contributed by atoms with Gasteiger partial charge in [-0.1, -0.05) is 0 Å². The number of hydrogen-bond donors (Lipinski definition) is 0. The van der Waals surface area contributed by atoms with E-state index >= 15 is 0 Å². The van der Waals surface area contributed by atoms with E-state index in [0.717, 1.165) is 34.7 Å². The van der Waals surface area contributed by atoms with Gasteiger partial charge >= 0.3 is 5.97 Å². The molecule has 0 amide bonds. The van der Waals surface area contributed by atoms with Gasteiger partial charge in [0.25, 0.3) is 0 Å². The van der Waals surface area contributed by atoms with Gasteiger partial charge in [0.15, 0.2) is 0 Å². The number of esters is 1. The van der Waals surface area contributed by atoms with E-state index in [0.29, 0.717) is 10.7 Å². The van der Waals surface area contributed by atoms with Crippen molar-refractivity contribution >= 4 is 33.3 Å². The fraction of sp³-hybridized carbons (Fsp3) is 0.562. The van der Waals surface area contributed by atoms with E-state index in [-0.39, 0.29) is 18.2 Å². The molecule has 0 unspecified atom stereocenters. The van der Waals surface area contributed by atoms with Gasteiger partial charge in [-0.05, 0) is 33.3 Å². The Bertz CT molecular complexity index is 749. The number of aromatic nitrogens is 2. The quantitative estimate of drug-likeness (QED) is 0.786. The van der Waals surface area contributed by atoms with Crippen molar-refractivity contribution < 1.29 is 14.3 Å². The maximum atomic E-state index is 12.0. The summed E-state index contributed by atoms with van der Waals surface area (Å²) in [5.41, 5.74) is 0.888. The van der Waals surface area contributed by atoms with Crippen LogP contribution in [0, 0.1) is 13.8 Å². The molecular weight excluding hydrogens is 314 g/mol. The molecule has 3 rings (SSSR count). The number of carbonyl (C=O) groups excluding carboxylic acids is 1. The van der Waals surface area contributed by atoms with Gasteiger partial charge in [0, 0.05) is 13.1 Å². The number of thiophene rings is 1. The lowest BCUT2D eigenvalue weighted by Gasteiger charge is -2.36. The Labute approximate surface area is 139 Å². The van der Waals surface area contributed by atoms with Gasteiger partial charge in [-0.2, -0.15) is 0 Å². The van der Waals surface area contributed by atoms with E-state index in [4.69, 9.17) is 9.47 Å². The molecule has 1 fully saturated rings. The van der Waals surface area contributed by atoms with E-state index in [1.54, 1.807) is 0 Å². The van der Waals surface area contributed by atoms with Crippen LogP contribution in [0.4, 0.5) is 5.82 Å². The first-order valence-electron chi connectivity index (χ1n) is 7.67.